The predicted octanol–water partition coefficient (Wildman–Crippen LogP) is 2.38. The molecule has 0 spiro atoms. The number of carbonyl (C=O) groups is 1. The van der Waals surface area contributed by atoms with E-state index >= 15 is 0 Å². The number of para-hydroxylation sites is 1. The largest absolute Gasteiger partial charge is 0.494 e. The van der Waals surface area contributed by atoms with E-state index in [-0.39, 0.29) is 16.5 Å². The smallest absolute Gasteiger partial charge is 0.358 e. The number of hydrogen-bond acceptors (Lipinski definition) is 7. The van der Waals surface area contributed by atoms with Crippen molar-refractivity contribution in [1.82, 2.24) is 25.0 Å². The van der Waals surface area contributed by atoms with Crippen LogP contribution in [-0.2, 0) is 7.05 Å². The van der Waals surface area contributed by atoms with Crippen molar-refractivity contribution in [3.05, 3.63) is 41.4 Å². The fraction of sp³-hybridized carbons (Fsp3) is 0.133. The van der Waals surface area contributed by atoms with Crippen LogP contribution in [0.4, 0.5) is 11.4 Å². The number of nitrogens with zero attached hydrogens (tertiary/aromatic N) is 5. The van der Waals surface area contributed by atoms with Gasteiger partial charge in [-0.05, 0) is 12.1 Å². The summed E-state index contributed by atoms with van der Waals surface area (Å²) in [6.45, 7) is 0. The molecule has 0 saturated heterocycles. The van der Waals surface area contributed by atoms with Gasteiger partial charge in [0, 0.05) is 13.1 Å². The summed E-state index contributed by atoms with van der Waals surface area (Å²) >= 11 is 5.84. The molecule has 2 N–H and O–H groups in total. The molecule has 0 amide bonds. The first-order valence-corrected chi connectivity index (χ1v) is 7.44. The number of carboxylic acids is 1. The van der Waals surface area contributed by atoms with Gasteiger partial charge < -0.3 is 15.2 Å². The standard InChI is InChI=1S/C15H13ClN6O3/c1-22-14(17-7-18-22)8-4-3-5-9(13(8)25-2)19-10-6-11(16)20-21-12(10)15(23)24/h3-7H,1-2H3,(H,19,20)(H,23,24). The number of hydrogen-bond donors (Lipinski definition) is 2. The second-order valence-corrected chi connectivity index (χ2v) is 5.34. The quantitative estimate of drug-likeness (QED) is 0.712. The Kier molecular flexibility index (Phi) is 4.48. The summed E-state index contributed by atoms with van der Waals surface area (Å²) in [7, 11) is 3.27. The zero-order valence-corrected chi connectivity index (χ0v) is 14.0. The fourth-order valence-electron chi connectivity index (χ4n) is 2.34. The first kappa shape index (κ1) is 16.7. The number of rotatable bonds is 5. The van der Waals surface area contributed by atoms with E-state index in [1.165, 1.54) is 19.5 Å². The van der Waals surface area contributed by atoms with Crippen molar-refractivity contribution in [2.75, 3.05) is 12.4 Å². The predicted molar refractivity (Wildman–Crippen MR) is 90.3 cm³/mol. The molecule has 9 nitrogen and oxygen atoms in total. The molecule has 0 saturated carbocycles. The first-order valence-electron chi connectivity index (χ1n) is 7.06. The Morgan fingerprint density at radius 3 is 2.76 bits per heavy atom. The van der Waals surface area contributed by atoms with Crippen LogP contribution in [0, 0.1) is 0 Å². The van der Waals surface area contributed by atoms with Crippen molar-refractivity contribution < 1.29 is 14.6 Å². The average Bonchev–Trinajstić information content (AvgIpc) is 3.00. The highest BCUT2D eigenvalue weighted by molar-refractivity contribution is 6.29. The molecule has 0 radical (unpaired) electrons. The van der Waals surface area contributed by atoms with Gasteiger partial charge in [-0.1, -0.05) is 17.7 Å². The molecule has 128 valence electrons. The van der Waals surface area contributed by atoms with Gasteiger partial charge in [-0.25, -0.2) is 14.5 Å². The molecular formula is C15H13ClN6O3. The van der Waals surface area contributed by atoms with E-state index < -0.39 is 5.97 Å². The summed E-state index contributed by atoms with van der Waals surface area (Å²) in [4.78, 5) is 15.5. The highest BCUT2D eigenvalue weighted by Crippen LogP contribution is 2.37. The van der Waals surface area contributed by atoms with E-state index in [2.05, 4.69) is 25.6 Å². The third kappa shape index (κ3) is 3.22. The van der Waals surface area contributed by atoms with Crippen LogP contribution in [0.1, 0.15) is 10.5 Å². The lowest BCUT2D eigenvalue weighted by Gasteiger charge is -2.15. The molecule has 1 aromatic carbocycles. The van der Waals surface area contributed by atoms with Gasteiger partial charge in [-0.15, -0.1) is 10.2 Å². The number of aryl methyl sites for hydroxylation is 1. The normalized spacial score (nSPS) is 10.5. The molecule has 0 aliphatic rings. The van der Waals surface area contributed by atoms with Crippen LogP contribution >= 0.6 is 11.6 Å². The Hall–Kier alpha value is -3.20. The third-order valence-corrected chi connectivity index (χ3v) is 3.59. The van der Waals surface area contributed by atoms with Crippen molar-refractivity contribution in [3.8, 4) is 17.1 Å². The van der Waals surface area contributed by atoms with Gasteiger partial charge in [0.15, 0.2) is 22.4 Å². The van der Waals surface area contributed by atoms with Crippen LogP contribution in [0.25, 0.3) is 11.4 Å². The minimum absolute atomic E-state index is 0.0657. The monoisotopic (exact) mass is 360 g/mol. The number of halogens is 1. The lowest BCUT2D eigenvalue weighted by atomic mass is 10.1. The molecule has 3 aromatic rings. The van der Waals surface area contributed by atoms with Crippen molar-refractivity contribution in [2.24, 2.45) is 7.05 Å². The molecule has 0 bridgehead atoms. The summed E-state index contributed by atoms with van der Waals surface area (Å²) in [5, 5.41) is 23.5. The van der Waals surface area contributed by atoms with Gasteiger partial charge >= 0.3 is 5.97 Å². The summed E-state index contributed by atoms with van der Waals surface area (Å²) in [6.07, 6.45) is 1.43. The van der Waals surface area contributed by atoms with E-state index in [4.69, 9.17) is 16.3 Å². The van der Waals surface area contributed by atoms with E-state index in [0.717, 1.165) is 0 Å². The zero-order valence-electron chi connectivity index (χ0n) is 13.3. The number of anilines is 2. The average molecular weight is 361 g/mol. The third-order valence-electron chi connectivity index (χ3n) is 3.41. The Bertz CT molecular complexity index is 943. The molecule has 0 aliphatic heterocycles. The number of nitrogens with one attached hydrogen (secondary N) is 1. The van der Waals surface area contributed by atoms with Gasteiger partial charge in [0.2, 0.25) is 0 Å². The summed E-state index contributed by atoms with van der Waals surface area (Å²) in [6, 6.07) is 6.72. The minimum Gasteiger partial charge on any atom is -0.494 e. The maximum atomic E-state index is 11.3. The number of aromatic nitrogens is 5. The Labute approximate surface area is 147 Å². The summed E-state index contributed by atoms with van der Waals surface area (Å²) < 4.78 is 7.10. The number of carboxylic acid groups (broad SMARTS) is 1. The molecule has 0 atom stereocenters. The topological polar surface area (TPSA) is 115 Å². The van der Waals surface area contributed by atoms with Gasteiger partial charge in [-0.2, -0.15) is 5.10 Å². The highest BCUT2D eigenvalue weighted by Gasteiger charge is 2.18. The molecule has 2 heterocycles. The van der Waals surface area contributed by atoms with Crippen LogP contribution in [0.15, 0.2) is 30.6 Å². The van der Waals surface area contributed by atoms with Crippen molar-refractivity contribution in [3.63, 3.8) is 0 Å². The van der Waals surface area contributed by atoms with Gasteiger partial charge in [0.1, 0.15) is 6.33 Å². The second kappa shape index (κ2) is 6.73. The molecule has 0 aliphatic carbocycles. The minimum atomic E-state index is -1.23. The Morgan fingerprint density at radius 2 is 2.12 bits per heavy atom. The zero-order chi connectivity index (χ0) is 18.0. The van der Waals surface area contributed by atoms with Crippen molar-refractivity contribution >= 4 is 28.9 Å². The molecule has 0 unspecified atom stereocenters. The molecule has 0 fully saturated rings. The summed E-state index contributed by atoms with van der Waals surface area (Å²) in [5.41, 5.74) is 1.16. The van der Waals surface area contributed by atoms with Crippen LogP contribution < -0.4 is 10.1 Å². The van der Waals surface area contributed by atoms with Crippen molar-refractivity contribution in [1.29, 1.82) is 0 Å². The van der Waals surface area contributed by atoms with Crippen LogP contribution in [-0.4, -0.2) is 43.1 Å². The molecule has 10 heteroatoms. The number of aromatic carboxylic acids is 1. The molecule has 3 rings (SSSR count). The van der Waals surface area contributed by atoms with E-state index in [0.29, 0.717) is 22.8 Å². The van der Waals surface area contributed by atoms with Crippen LogP contribution in [0.5, 0.6) is 5.75 Å². The number of ether oxygens (including phenoxy) is 1. The highest BCUT2D eigenvalue weighted by atomic mass is 35.5. The fourth-order valence-corrected chi connectivity index (χ4v) is 2.48. The maximum absolute atomic E-state index is 11.3. The molecule has 2 aromatic heterocycles. The van der Waals surface area contributed by atoms with E-state index in [1.807, 2.05) is 6.07 Å². The Morgan fingerprint density at radius 1 is 1.32 bits per heavy atom. The van der Waals surface area contributed by atoms with Crippen LogP contribution in [0.2, 0.25) is 5.15 Å². The lowest BCUT2D eigenvalue weighted by Crippen LogP contribution is -2.08. The van der Waals surface area contributed by atoms with Crippen LogP contribution in [0.3, 0.4) is 0 Å². The molecule has 25 heavy (non-hydrogen) atoms. The van der Waals surface area contributed by atoms with Gasteiger partial charge in [-0.3, -0.25) is 0 Å². The Balaban J connectivity index is 2.09. The van der Waals surface area contributed by atoms with Crippen molar-refractivity contribution in [2.45, 2.75) is 0 Å². The molecular weight excluding hydrogens is 348 g/mol. The SMILES string of the molecule is COc1c(Nc2cc(Cl)nnc2C(=O)O)cccc1-c1ncnn1C. The number of benzene rings is 1. The van der Waals surface area contributed by atoms with E-state index in [9.17, 15) is 9.90 Å². The second-order valence-electron chi connectivity index (χ2n) is 4.95. The summed E-state index contributed by atoms with van der Waals surface area (Å²) in [5.74, 6) is -0.150. The number of methoxy groups -OCH3 is 1. The maximum Gasteiger partial charge on any atom is 0.358 e. The first-order chi connectivity index (χ1) is 12.0. The van der Waals surface area contributed by atoms with Gasteiger partial charge in [0.05, 0.1) is 24.0 Å². The van der Waals surface area contributed by atoms with Gasteiger partial charge in [0.25, 0.3) is 0 Å². The van der Waals surface area contributed by atoms with E-state index in [1.54, 1.807) is 23.9 Å². The lowest BCUT2D eigenvalue weighted by molar-refractivity contribution is 0.0690.